The first-order valence-corrected chi connectivity index (χ1v) is 5.87. The van der Waals surface area contributed by atoms with Crippen LogP contribution in [0.25, 0.3) is 0 Å². The Morgan fingerprint density at radius 3 is 2.65 bits per heavy atom. The Morgan fingerprint density at radius 1 is 1.29 bits per heavy atom. The standard InChI is InChI=1S/C13H17N3O/c1-3-14-12(13-15-10(2)16-17-13)9-11-7-5-4-6-8-11/h4-8,12,14H,3,9H2,1-2H3. The molecule has 4 heteroatoms. The van der Waals surface area contributed by atoms with Crippen LogP contribution in [0.15, 0.2) is 34.9 Å². The van der Waals surface area contributed by atoms with Crippen molar-refractivity contribution < 1.29 is 4.52 Å². The van der Waals surface area contributed by atoms with Gasteiger partial charge in [0.05, 0.1) is 6.04 Å². The normalized spacial score (nSPS) is 12.6. The average molecular weight is 231 g/mol. The van der Waals surface area contributed by atoms with Crippen LogP contribution in [0.1, 0.15) is 30.2 Å². The zero-order chi connectivity index (χ0) is 12.1. The summed E-state index contributed by atoms with van der Waals surface area (Å²) in [6, 6.07) is 10.4. The maximum Gasteiger partial charge on any atom is 0.244 e. The Morgan fingerprint density at radius 2 is 2.06 bits per heavy atom. The molecule has 0 saturated heterocycles. The predicted molar refractivity (Wildman–Crippen MR) is 65.6 cm³/mol. The molecule has 0 aliphatic heterocycles. The summed E-state index contributed by atoms with van der Waals surface area (Å²) in [5.74, 6) is 1.34. The van der Waals surface area contributed by atoms with Crippen molar-refractivity contribution >= 4 is 0 Å². The zero-order valence-electron chi connectivity index (χ0n) is 10.2. The second kappa shape index (κ2) is 5.59. The molecule has 1 aromatic carbocycles. The first-order valence-electron chi connectivity index (χ1n) is 5.87. The van der Waals surface area contributed by atoms with Crippen LogP contribution >= 0.6 is 0 Å². The summed E-state index contributed by atoms with van der Waals surface area (Å²) >= 11 is 0. The van der Waals surface area contributed by atoms with Gasteiger partial charge in [-0.1, -0.05) is 42.4 Å². The van der Waals surface area contributed by atoms with Gasteiger partial charge in [-0.15, -0.1) is 0 Å². The first kappa shape index (κ1) is 11.8. The number of benzene rings is 1. The van der Waals surface area contributed by atoms with Crippen LogP contribution in [0, 0.1) is 6.92 Å². The van der Waals surface area contributed by atoms with Crippen LogP contribution in [0.4, 0.5) is 0 Å². The second-order valence-corrected chi connectivity index (χ2v) is 3.98. The van der Waals surface area contributed by atoms with Gasteiger partial charge in [0.15, 0.2) is 5.82 Å². The maximum atomic E-state index is 5.23. The summed E-state index contributed by atoms with van der Waals surface area (Å²) in [5, 5.41) is 7.20. The van der Waals surface area contributed by atoms with E-state index in [2.05, 4.69) is 34.5 Å². The summed E-state index contributed by atoms with van der Waals surface area (Å²) in [7, 11) is 0. The van der Waals surface area contributed by atoms with Crippen molar-refractivity contribution in [2.24, 2.45) is 0 Å². The third kappa shape index (κ3) is 3.14. The molecule has 1 atom stereocenters. The third-order valence-corrected chi connectivity index (χ3v) is 2.57. The summed E-state index contributed by atoms with van der Waals surface area (Å²) in [4.78, 5) is 4.29. The number of aryl methyl sites for hydroxylation is 1. The molecule has 1 unspecified atom stereocenters. The molecular formula is C13H17N3O. The summed E-state index contributed by atoms with van der Waals surface area (Å²) in [5.41, 5.74) is 1.26. The van der Waals surface area contributed by atoms with E-state index in [9.17, 15) is 0 Å². The Hall–Kier alpha value is -1.68. The van der Waals surface area contributed by atoms with Crippen LogP contribution in [0.2, 0.25) is 0 Å². The molecule has 90 valence electrons. The van der Waals surface area contributed by atoms with Gasteiger partial charge in [0.1, 0.15) is 0 Å². The number of hydrogen-bond donors (Lipinski definition) is 1. The molecule has 0 aliphatic carbocycles. The van der Waals surface area contributed by atoms with Gasteiger partial charge < -0.3 is 9.84 Å². The Kier molecular flexibility index (Phi) is 3.88. The lowest BCUT2D eigenvalue weighted by Gasteiger charge is -2.13. The maximum absolute atomic E-state index is 5.23. The van der Waals surface area contributed by atoms with Crippen molar-refractivity contribution in [2.75, 3.05) is 6.54 Å². The quantitative estimate of drug-likeness (QED) is 0.857. The molecule has 0 spiro atoms. The van der Waals surface area contributed by atoms with E-state index >= 15 is 0 Å². The summed E-state index contributed by atoms with van der Waals surface area (Å²) < 4.78 is 5.23. The number of aromatic nitrogens is 2. The highest BCUT2D eigenvalue weighted by atomic mass is 16.5. The molecule has 0 fully saturated rings. The van der Waals surface area contributed by atoms with E-state index in [0.717, 1.165) is 13.0 Å². The topological polar surface area (TPSA) is 51.0 Å². The van der Waals surface area contributed by atoms with Gasteiger partial charge >= 0.3 is 0 Å². The predicted octanol–water partition coefficient (Wildman–Crippen LogP) is 2.27. The van der Waals surface area contributed by atoms with Gasteiger partial charge in [0.25, 0.3) is 0 Å². The number of rotatable bonds is 5. The molecule has 0 amide bonds. The molecule has 0 bridgehead atoms. The van der Waals surface area contributed by atoms with E-state index in [1.54, 1.807) is 0 Å². The average Bonchev–Trinajstić information content (AvgIpc) is 2.77. The molecule has 1 N–H and O–H groups in total. The van der Waals surface area contributed by atoms with Crippen molar-refractivity contribution in [3.05, 3.63) is 47.6 Å². The van der Waals surface area contributed by atoms with Gasteiger partial charge in [0.2, 0.25) is 5.89 Å². The van der Waals surface area contributed by atoms with E-state index < -0.39 is 0 Å². The monoisotopic (exact) mass is 231 g/mol. The van der Waals surface area contributed by atoms with Crippen LogP contribution < -0.4 is 5.32 Å². The fraction of sp³-hybridized carbons (Fsp3) is 0.385. The Labute approximate surface area is 101 Å². The first-order chi connectivity index (χ1) is 8.29. The van der Waals surface area contributed by atoms with Gasteiger partial charge in [-0.3, -0.25) is 0 Å². The second-order valence-electron chi connectivity index (χ2n) is 3.98. The SMILES string of the molecule is CCNC(Cc1ccccc1)c1nc(C)no1. The van der Waals surface area contributed by atoms with Gasteiger partial charge in [-0.05, 0) is 25.5 Å². The third-order valence-electron chi connectivity index (χ3n) is 2.57. The lowest BCUT2D eigenvalue weighted by atomic mass is 10.1. The Balaban J connectivity index is 2.13. The fourth-order valence-electron chi connectivity index (χ4n) is 1.80. The van der Waals surface area contributed by atoms with E-state index in [-0.39, 0.29) is 6.04 Å². The van der Waals surface area contributed by atoms with Crippen LogP contribution in [-0.2, 0) is 6.42 Å². The van der Waals surface area contributed by atoms with Crippen molar-refractivity contribution in [3.63, 3.8) is 0 Å². The smallest absolute Gasteiger partial charge is 0.244 e. The van der Waals surface area contributed by atoms with E-state index in [4.69, 9.17) is 4.52 Å². The Bertz CT molecular complexity index is 453. The minimum Gasteiger partial charge on any atom is -0.338 e. The largest absolute Gasteiger partial charge is 0.338 e. The number of likely N-dealkylation sites (N-methyl/N-ethyl adjacent to an activating group) is 1. The van der Waals surface area contributed by atoms with Gasteiger partial charge in [0, 0.05) is 0 Å². The van der Waals surface area contributed by atoms with Crippen molar-refractivity contribution in [1.29, 1.82) is 0 Å². The van der Waals surface area contributed by atoms with Crippen molar-refractivity contribution in [2.45, 2.75) is 26.3 Å². The van der Waals surface area contributed by atoms with Crippen molar-refractivity contribution in [1.82, 2.24) is 15.5 Å². The molecule has 1 aromatic heterocycles. The van der Waals surface area contributed by atoms with Crippen LogP contribution in [0.5, 0.6) is 0 Å². The highest BCUT2D eigenvalue weighted by molar-refractivity contribution is 5.17. The molecule has 0 saturated carbocycles. The highest BCUT2D eigenvalue weighted by Crippen LogP contribution is 2.16. The van der Waals surface area contributed by atoms with Gasteiger partial charge in [-0.2, -0.15) is 4.98 Å². The number of nitrogens with one attached hydrogen (secondary N) is 1. The number of nitrogens with zero attached hydrogens (tertiary/aromatic N) is 2. The molecule has 0 aliphatic rings. The van der Waals surface area contributed by atoms with Crippen molar-refractivity contribution in [3.8, 4) is 0 Å². The zero-order valence-corrected chi connectivity index (χ0v) is 10.2. The van der Waals surface area contributed by atoms with E-state index in [1.807, 2.05) is 25.1 Å². The highest BCUT2D eigenvalue weighted by Gasteiger charge is 2.17. The van der Waals surface area contributed by atoms with E-state index in [0.29, 0.717) is 11.7 Å². The molecule has 4 nitrogen and oxygen atoms in total. The van der Waals surface area contributed by atoms with Crippen LogP contribution in [-0.4, -0.2) is 16.7 Å². The van der Waals surface area contributed by atoms with E-state index in [1.165, 1.54) is 5.56 Å². The van der Waals surface area contributed by atoms with Crippen LogP contribution in [0.3, 0.4) is 0 Å². The minimum atomic E-state index is 0.0867. The molecule has 0 radical (unpaired) electrons. The molecular weight excluding hydrogens is 214 g/mol. The lowest BCUT2D eigenvalue weighted by molar-refractivity contribution is 0.329. The molecule has 1 heterocycles. The molecule has 17 heavy (non-hydrogen) atoms. The minimum absolute atomic E-state index is 0.0867. The summed E-state index contributed by atoms with van der Waals surface area (Å²) in [6.45, 7) is 4.78. The lowest BCUT2D eigenvalue weighted by Crippen LogP contribution is -2.23. The number of hydrogen-bond acceptors (Lipinski definition) is 4. The molecule has 2 aromatic rings. The summed E-state index contributed by atoms with van der Waals surface area (Å²) in [6.07, 6.45) is 0.857. The fourth-order valence-corrected chi connectivity index (χ4v) is 1.80. The van der Waals surface area contributed by atoms with Gasteiger partial charge in [-0.25, -0.2) is 0 Å². The molecule has 2 rings (SSSR count).